The van der Waals surface area contributed by atoms with Gasteiger partial charge in [0, 0.05) is 10.9 Å². The molecular weight excluding hydrogens is 321 g/mol. The Morgan fingerprint density at radius 2 is 1.83 bits per heavy atom. The van der Waals surface area contributed by atoms with Gasteiger partial charge in [-0.2, -0.15) is 0 Å². The minimum absolute atomic E-state index is 0.0486. The van der Waals surface area contributed by atoms with E-state index in [2.05, 4.69) is 5.32 Å². The molecule has 2 rings (SSSR count). The Labute approximate surface area is 136 Å². The number of ether oxygens (including phenoxy) is 1. The minimum atomic E-state index is -1.18. The number of hydrogen-bond donors (Lipinski definition) is 2. The molecule has 0 fully saturated rings. The van der Waals surface area contributed by atoms with Crippen LogP contribution < -0.4 is 5.32 Å². The van der Waals surface area contributed by atoms with Crippen LogP contribution in [0.2, 0.25) is 0 Å². The topological polar surface area (TPSA) is 75.6 Å². The fourth-order valence-electron chi connectivity index (χ4n) is 1.90. The van der Waals surface area contributed by atoms with Gasteiger partial charge in [-0.3, -0.25) is 5.32 Å². The first-order chi connectivity index (χ1) is 10.7. The van der Waals surface area contributed by atoms with Gasteiger partial charge in [-0.25, -0.2) is 14.0 Å². The number of anilines is 1. The van der Waals surface area contributed by atoms with E-state index in [4.69, 9.17) is 4.74 Å². The third-order valence-corrected chi connectivity index (χ3v) is 3.67. The van der Waals surface area contributed by atoms with Crippen molar-refractivity contribution in [3.63, 3.8) is 0 Å². The van der Waals surface area contributed by atoms with Crippen LogP contribution in [0.3, 0.4) is 0 Å². The number of carboxylic acids is 1. The van der Waals surface area contributed by atoms with Crippen LogP contribution in [0.15, 0.2) is 29.6 Å². The van der Waals surface area contributed by atoms with Crippen molar-refractivity contribution in [2.24, 2.45) is 0 Å². The van der Waals surface area contributed by atoms with Crippen LogP contribution in [0.1, 0.15) is 31.1 Å². The molecule has 2 N–H and O–H groups in total. The monoisotopic (exact) mass is 337 g/mol. The molecule has 0 bridgehead atoms. The first-order valence-corrected chi connectivity index (χ1v) is 7.66. The summed E-state index contributed by atoms with van der Waals surface area (Å²) in [6.45, 7) is 5.13. The second kappa shape index (κ2) is 6.37. The zero-order chi connectivity index (χ0) is 17.2. The number of rotatable bonds is 3. The number of amides is 1. The van der Waals surface area contributed by atoms with Gasteiger partial charge in [0.05, 0.1) is 0 Å². The molecule has 7 heteroatoms. The Kier molecular flexibility index (Phi) is 4.70. The zero-order valence-corrected chi connectivity index (χ0v) is 13.7. The van der Waals surface area contributed by atoms with Gasteiger partial charge in [0.15, 0.2) is 0 Å². The molecule has 0 saturated carbocycles. The van der Waals surface area contributed by atoms with Crippen molar-refractivity contribution in [1.29, 1.82) is 0 Å². The molecule has 0 aliphatic carbocycles. The lowest BCUT2D eigenvalue weighted by Gasteiger charge is -2.19. The van der Waals surface area contributed by atoms with Crippen LogP contribution in [-0.2, 0) is 4.74 Å². The Balaban J connectivity index is 2.34. The number of thiophene rings is 1. The maximum atomic E-state index is 13.0. The molecule has 2 aromatic rings. The fraction of sp³-hybridized carbons (Fsp3) is 0.250. The predicted octanol–water partition coefficient (Wildman–Crippen LogP) is 4.60. The summed E-state index contributed by atoms with van der Waals surface area (Å²) in [5, 5.41) is 13.7. The highest BCUT2D eigenvalue weighted by molar-refractivity contribution is 7.15. The Morgan fingerprint density at radius 3 is 2.35 bits per heavy atom. The van der Waals surface area contributed by atoms with E-state index in [0.717, 1.165) is 11.3 Å². The number of halogens is 1. The van der Waals surface area contributed by atoms with Gasteiger partial charge in [0.25, 0.3) is 0 Å². The maximum Gasteiger partial charge on any atom is 0.412 e. The lowest BCUT2D eigenvalue weighted by atomic mass is 10.0. The molecule has 122 valence electrons. The van der Waals surface area contributed by atoms with E-state index >= 15 is 0 Å². The van der Waals surface area contributed by atoms with Gasteiger partial charge in [0.2, 0.25) is 0 Å². The van der Waals surface area contributed by atoms with Crippen LogP contribution in [0.5, 0.6) is 0 Å². The van der Waals surface area contributed by atoms with Crippen molar-refractivity contribution in [2.75, 3.05) is 5.32 Å². The van der Waals surface area contributed by atoms with Gasteiger partial charge in [0.1, 0.15) is 22.0 Å². The third kappa shape index (κ3) is 4.29. The Bertz CT molecular complexity index is 732. The highest BCUT2D eigenvalue weighted by Gasteiger charge is 2.23. The molecule has 1 amide bonds. The number of hydrogen-bond acceptors (Lipinski definition) is 4. The molecule has 1 heterocycles. The summed E-state index contributed by atoms with van der Waals surface area (Å²) in [6, 6.07) is 5.47. The molecule has 0 radical (unpaired) electrons. The molecular formula is C16H16FNO4S. The van der Waals surface area contributed by atoms with Crippen molar-refractivity contribution < 1.29 is 23.8 Å². The summed E-state index contributed by atoms with van der Waals surface area (Å²) in [5.41, 5.74) is 0.225. The minimum Gasteiger partial charge on any atom is -0.478 e. The molecule has 23 heavy (non-hydrogen) atoms. The summed E-state index contributed by atoms with van der Waals surface area (Å²) in [5.74, 6) is -1.59. The van der Waals surface area contributed by atoms with Crippen molar-refractivity contribution in [3.8, 4) is 11.1 Å². The Hall–Kier alpha value is -2.41. The summed E-state index contributed by atoms with van der Waals surface area (Å²) in [7, 11) is 0. The van der Waals surface area contributed by atoms with Gasteiger partial charge in [-0.05, 0) is 38.5 Å². The second-order valence-corrected chi connectivity index (χ2v) is 6.67. The van der Waals surface area contributed by atoms with Crippen molar-refractivity contribution in [3.05, 3.63) is 41.0 Å². The van der Waals surface area contributed by atoms with Crippen LogP contribution in [0.4, 0.5) is 14.2 Å². The van der Waals surface area contributed by atoms with Crippen LogP contribution in [0.25, 0.3) is 11.1 Å². The van der Waals surface area contributed by atoms with E-state index in [1.54, 1.807) is 26.2 Å². The van der Waals surface area contributed by atoms with E-state index in [9.17, 15) is 19.1 Å². The highest BCUT2D eigenvalue weighted by Crippen LogP contribution is 2.36. The summed E-state index contributed by atoms with van der Waals surface area (Å²) >= 11 is 1.07. The molecule has 5 nitrogen and oxygen atoms in total. The molecule has 0 spiro atoms. The average Bonchev–Trinajstić information content (AvgIpc) is 2.81. The molecule has 0 saturated heterocycles. The third-order valence-electron chi connectivity index (χ3n) is 2.77. The predicted molar refractivity (Wildman–Crippen MR) is 86.5 cm³/mol. The van der Waals surface area contributed by atoms with Crippen LogP contribution in [0, 0.1) is 5.82 Å². The Morgan fingerprint density at radius 1 is 1.22 bits per heavy atom. The van der Waals surface area contributed by atoms with Crippen LogP contribution >= 0.6 is 11.3 Å². The number of nitrogens with one attached hydrogen (secondary N) is 1. The summed E-state index contributed by atoms with van der Waals surface area (Å²) in [6.07, 6.45) is -0.729. The molecule has 1 aromatic heterocycles. The molecule has 0 atom stereocenters. The molecule has 1 aromatic carbocycles. The smallest absolute Gasteiger partial charge is 0.412 e. The summed E-state index contributed by atoms with van der Waals surface area (Å²) < 4.78 is 18.1. The normalized spacial score (nSPS) is 11.1. The van der Waals surface area contributed by atoms with E-state index in [0.29, 0.717) is 11.1 Å². The second-order valence-electron chi connectivity index (χ2n) is 5.79. The van der Waals surface area contributed by atoms with Crippen molar-refractivity contribution >= 4 is 28.4 Å². The van der Waals surface area contributed by atoms with Crippen LogP contribution in [-0.4, -0.2) is 22.8 Å². The molecule has 0 unspecified atom stereocenters. The molecule has 0 aliphatic rings. The number of carbonyl (C=O) groups excluding carboxylic acids is 1. The largest absolute Gasteiger partial charge is 0.478 e. The fourth-order valence-corrected chi connectivity index (χ4v) is 2.85. The van der Waals surface area contributed by atoms with E-state index < -0.39 is 23.5 Å². The lowest BCUT2D eigenvalue weighted by Crippen LogP contribution is -2.27. The highest BCUT2D eigenvalue weighted by atomic mass is 32.1. The SMILES string of the molecule is CC(C)(C)OC(=O)Nc1scc(-c2ccc(F)cc2)c1C(=O)O. The summed E-state index contributed by atoms with van der Waals surface area (Å²) in [4.78, 5) is 23.4. The lowest BCUT2D eigenvalue weighted by molar-refractivity contribution is 0.0636. The number of benzene rings is 1. The van der Waals surface area contributed by atoms with Crippen molar-refractivity contribution in [1.82, 2.24) is 0 Å². The zero-order valence-electron chi connectivity index (χ0n) is 12.8. The molecule has 0 aliphatic heterocycles. The van der Waals surface area contributed by atoms with Gasteiger partial charge in [-0.15, -0.1) is 11.3 Å². The maximum absolute atomic E-state index is 13.0. The van der Waals surface area contributed by atoms with Gasteiger partial charge in [-0.1, -0.05) is 12.1 Å². The van der Waals surface area contributed by atoms with E-state index in [1.165, 1.54) is 24.3 Å². The van der Waals surface area contributed by atoms with Gasteiger partial charge < -0.3 is 9.84 Å². The van der Waals surface area contributed by atoms with Crippen molar-refractivity contribution in [2.45, 2.75) is 26.4 Å². The van der Waals surface area contributed by atoms with E-state index in [1.807, 2.05) is 0 Å². The standard InChI is InChI=1S/C16H16FNO4S/c1-16(2,3)22-15(21)18-13-12(14(19)20)11(8-23-13)9-4-6-10(17)7-5-9/h4-8H,1-3H3,(H,18,21)(H,19,20). The number of carboxylic acid groups (broad SMARTS) is 1. The van der Waals surface area contributed by atoms with E-state index in [-0.39, 0.29) is 10.6 Å². The number of carbonyl (C=O) groups is 2. The number of aromatic carboxylic acids is 1. The van der Waals surface area contributed by atoms with Gasteiger partial charge >= 0.3 is 12.1 Å². The average molecular weight is 337 g/mol. The first kappa shape index (κ1) is 17.0. The first-order valence-electron chi connectivity index (χ1n) is 6.78. The quantitative estimate of drug-likeness (QED) is 0.858.